The highest BCUT2D eigenvalue weighted by Crippen LogP contribution is 2.26. The zero-order chi connectivity index (χ0) is 21.8. The predicted octanol–water partition coefficient (Wildman–Crippen LogP) is 3.32. The number of ether oxygens (including phenoxy) is 2. The van der Waals surface area contributed by atoms with Gasteiger partial charge in [0.05, 0.1) is 12.8 Å². The van der Waals surface area contributed by atoms with Crippen molar-refractivity contribution in [3.63, 3.8) is 0 Å². The van der Waals surface area contributed by atoms with E-state index in [0.717, 1.165) is 0 Å². The first-order valence-electron chi connectivity index (χ1n) is 9.23. The van der Waals surface area contributed by atoms with Crippen LogP contribution in [0.25, 0.3) is 16.8 Å². The van der Waals surface area contributed by atoms with E-state index in [1.165, 1.54) is 45.7 Å². The number of fused-ring (bicyclic) bond motifs is 1. The molecule has 0 atom stereocenters. The van der Waals surface area contributed by atoms with Gasteiger partial charge in [-0.3, -0.25) is 4.98 Å². The first-order chi connectivity index (χ1) is 14.9. The van der Waals surface area contributed by atoms with Crippen LogP contribution in [0.15, 0.2) is 66.0 Å². The highest BCUT2D eigenvalue weighted by Gasteiger charge is 2.30. The number of aryl methyl sites for hydroxylation is 1. The van der Waals surface area contributed by atoms with Crippen LogP contribution in [0.4, 0.5) is 13.2 Å². The standard InChI is InChI=1S/C20H16F3N5O3/c21-20(22,23)31-16-5-2-14(3-6-16)15-4-7-17-26-28(19(29)27(17)13-15)10-1-11-30-18-12-24-8-9-25-18/h2-9,12-13H,1,10-11H2. The first kappa shape index (κ1) is 20.4. The molecule has 0 aliphatic rings. The Morgan fingerprint density at radius 3 is 2.48 bits per heavy atom. The van der Waals surface area contributed by atoms with E-state index in [1.807, 2.05) is 0 Å². The Labute approximate surface area is 173 Å². The predicted molar refractivity (Wildman–Crippen MR) is 104 cm³/mol. The minimum Gasteiger partial charge on any atom is -0.477 e. The number of halogens is 3. The summed E-state index contributed by atoms with van der Waals surface area (Å²) in [5, 5.41) is 4.28. The molecule has 4 rings (SSSR count). The fourth-order valence-corrected chi connectivity index (χ4v) is 2.93. The molecule has 0 aliphatic heterocycles. The van der Waals surface area contributed by atoms with Crippen molar-refractivity contribution in [2.45, 2.75) is 19.3 Å². The summed E-state index contributed by atoms with van der Waals surface area (Å²) in [6.07, 6.45) is 1.95. The molecular formula is C20H16F3N5O3. The van der Waals surface area contributed by atoms with Gasteiger partial charge in [-0.1, -0.05) is 12.1 Å². The van der Waals surface area contributed by atoms with Gasteiger partial charge in [-0.2, -0.15) is 0 Å². The maximum absolute atomic E-state index is 12.6. The second-order valence-electron chi connectivity index (χ2n) is 6.47. The third-order valence-corrected chi connectivity index (χ3v) is 4.30. The third-order valence-electron chi connectivity index (χ3n) is 4.30. The molecule has 160 valence electrons. The van der Waals surface area contributed by atoms with Crippen LogP contribution in [0.3, 0.4) is 0 Å². The van der Waals surface area contributed by atoms with E-state index in [9.17, 15) is 18.0 Å². The smallest absolute Gasteiger partial charge is 0.477 e. The molecule has 0 saturated carbocycles. The highest BCUT2D eigenvalue weighted by molar-refractivity contribution is 5.65. The zero-order valence-electron chi connectivity index (χ0n) is 16.0. The van der Waals surface area contributed by atoms with Crippen LogP contribution >= 0.6 is 0 Å². The van der Waals surface area contributed by atoms with Crippen LogP contribution in [0.1, 0.15) is 6.42 Å². The summed E-state index contributed by atoms with van der Waals surface area (Å²) >= 11 is 0. The van der Waals surface area contributed by atoms with Gasteiger partial charge in [-0.05, 0) is 35.4 Å². The Morgan fingerprint density at radius 2 is 1.77 bits per heavy atom. The minimum atomic E-state index is -4.75. The van der Waals surface area contributed by atoms with E-state index in [4.69, 9.17) is 4.74 Å². The summed E-state index contributed by atoms with van der Waals surface area (Å²) in [4.78, 5) is 20.5. The number of benzene rings is 1. The van der Waals surface area contributed by atoms with E-state index in [-0.39, 0.29) is 11.4 Å². The molecule has 0 aliphatic carbocycles. The normalized spacial score (nSPS) is 11.6. The summed E-state index contributed by atoms with van der Waals surface area (Å²) in [6.45, 7) is 0.691. The monoisotopic (exact) mass is 431 g/mol. The maximum atomic E-state index is 12.6. The van der Waals surface area contributed by atoms with E-state index < -0.39 is 6.36 Å². The summed E-state index contributed by atoms with van der Waals surface area (Å²) in [6, 6.07) is 8.82. The van der Waals surface area contributed by atoms with Crippen LogP contribution in [0, 0.1) is 0 Å². The number of hydrogen-bond donors (Lipinski definition) is 0. The Balaban J connectivity index is 1.45. The van der Waals surface area contributed by atoms with Gasteiger partial charge in [0.25, 0.3) is 0 Å². The van der Waals surface area contributed by atoms with Crippen molar-refractivity contribution in [2.75, 3.05) is 6.61 Å². The van der Waals surface area contributed by atoms with Crippen molar-refractivity contribution in [2.24, 2.45) is 0 Å². The topological polar surface area (TPSA) is 83.5 Å². The fraction of sp³-hybridized carbons (Fsp3) is 0.200. The van der Waals surface area contributed by atoms with Gasteiger partial charge < -0.3 is 9.47 Å². The molecule has 3 aromatic heterocycles. The second-order valence-corrected chi connectivity index (χ2v) is 6.47. The Hall–Kier alpha value is -3.89. The van der Waals surface area contributed by atoms with Crippen LogP contribution in [-0.2, 0) is 6.54 Å². The SMILES string of the molecule is O=c1n(CCCOc2cnccn2)nc2ccc(-c3ccc(OC(F)(F)F)cc3)cn12. The van der Waals surface area contributed by atoms with Crippen molar-refractivity contribution in [1.82, 2.24) is 24.1 Å². The third kappa shape index (κ3) is 5.00. The summed E-state index contributed by atoms with van der Waals surface area (Å²) in [5.74, 6) is 0.0900. The Kier molecular flexibility index (Phi) is 5.56. The average Bonchev–Trinajstić information content (AvgIpc) is 3.06. The van der Waals surface area contributed by atoms with Gasteiger partial charge in [0.1, 0.15) is 5.75 Å². The lowest BCUT2D eigenvalue weighted by atomic mass is 10.1. The molecular weight excluding hydrogens is 415 g/mol. The molecule has 4 aromatic rings. The fourth-order valence-electron chi connectivity index (χ4n) is 2.93. The number of pyridine rings is 1. The van der Waals surface area contributed by atoms with Crippen LogP contribution in [-0.4, -0.2) is 37.1 Å². The number of rotatable bonds is 7. The minimum absolute atomic E-state index is 0.314. The van der Waals surface area contributed by atoms with E-state index in [1.54, 1.807) is 24.5 Å². The molecule has 0 radical (unpaired) electrons. The van der Waals surface area contributed by atoms with Crippen molar-refractivity contribution < 1.29 is 22.6 Å². The van der Waals surface area contributed by atoms with E-state index >= 15 is 0 Å². The molecule has 0 fully saturated rings. The lowest BCUT2D eigenvalue weighted by Gasteiger charge is -2.09. The van der Waals surface area contributed by atoms with Gasteiger partial charge in [-0.25, -0.2) is 18.9 Å². The maximum Gasteiger partial charge on any atom is 0.573 e. The molecule has 31 heavy (non-hydrogen) atoms. The second kappa shape index (κ2) is 8.46. The number of aromatic nitrogens is 5. The number of alkyl halides is 3. The summed E-state index contributed by atoms with van der Waals surface area (Å²) in [7, 11) is 0. The number of hydrogen-bond acceptors (Lipinski definition) is 6. The van der Waals surface area contributed by atoms with E-state index in [2.05, 4.69) is 19.8 Å². The Bertz CT molecular complexity index is 1220. The molecule has 0 amide bonds. The number of nitrogens with zero attached hydrogens (tertiary/aromatic N) is 5. The molecule has 3 heterocycles. The van der Waals surface area contributed by atoms with Gasteiger partial charge in [0.15, 0.2) is 5.65 Å². The van der Waals surface area contributed by atoms with E-state index in [0.29, 0.717) is 42.2 Å². The first-order valence-corrected chi connectivity index (χ1v) is 9.23. The average molecular weight is 431 g/mol. The lowest BCUT2D eigenvalue weighted by Crippen LogP contribution is -2.22. The van der Waals surface area contributed by atoms with Gasteiger partial charge in [0, 0.05) is 31.6 Å². The summed E-state index contributed by atoms with van der Waals surface area (Å²) < 4.78 is 49.0. The molecule has 1 aromatic carbocycles. The largest absolute Gasteiger partial charge is 0.573 e. The molecule has 0 spiro atoms. The van der Waals surface area contributed by atoms with Gasteiger partial charge in [-0.15, -0.1) is 18.3 Å². The lowest BCUT2D eigenvalue weighted by molar-refractivity contribution is -0.274. The van der Waals surface area contributed by atoms with Gasteiger partial charge >= 0.3 is 12.1 Å². The van der Waals surface area contributed by atoms with Crippen molar-refractivity contribution in [1.29, 1.82) is 0 Å². The molecule has 0 bridgehead atoms. The van der Waals surface area contributed by atoms with Crippen molar-refractivity contribution in [3.8, 4) is 22.8 Å². The quantitative estimate of drug-likeness (QED) is 0.418. The molecule has 0 unspecified atom stereocenters. The molecule has 8 nitrogen and oxygen atoms in total. The highest BCUT2D eigenvalue weighted by atomic mass is 19.4. The van der Waals surface area contributed by atoms with Gasteiger partial charge in [0.2, 0.25) is 5.88 Å². The van der Waals surface area contributed by atoms with Crippen LogP contribution in [0.2, 0.25) is 0 Å². The van der Waals surface area contributed by atoms with Crippen LogP contribution < -0.4 is 15.2 Å². The molecule has 0 N–H and O–H groups in total. The molecule has 11 heteroatoms. The van der Waals surface area contributed by atoms with Crippen LogP contribution in [0.5, 0.6) is 11.6 Å². The summed E-state index contributed by atoms with van der Waals surface area (Å²) in [5.41, 5.74) is 1.42. The van der Waals surface area contributed by atoms with Crippen molar-refractivity contribution >= 4 is 5.65 Å². The molecule has 0 saturated heterocycles. The Morgan fingerprint density at radius 1 is 1.00 bits per heavy atom. The zero-order valence-corrected chi connectivity index (χ0v) is 16.0. The van der Waals surface area contributed by atoms with Crippen molar-refractivity contribution in [3.05, 3.63) is 71.7 Å².